The van der Waals surface area contributed by atoms with Crippen LogP contribution in [-0.2, 0) is 31.9 Å². The molecule has 0 aliphatic heterocycles. The molecule has 1 amide bonds. The van der Waals surface area contributed by atoms with Crippen LogP contribution in [0.2, 0.25) is 0 Å². The van der Waals surface area contributed by atoms with Crippen molar-refractivity contribution in [3.8, 4) is 11.5 Å². The number of anilines is 1. The van der Waals surface area contributed by atoms with E-state index in [0.29, 0.717) is 22.1 Å². The molecule has 30 heavy (non-hydrogen) atoms. The zero-order chi connectivity index (χ0) is 21.5. The minimum atomic E-state index is -0.680. The topological polar surface area (TPSA) is 100 Å². The molecule has 1 heterocycles. The highest BCUT2D eigenvalue weighted by molar-refractivity contribution is 7.17. The summed E-state index contributed by atoms with van der Waals surface area (Å²) in [5, 5.41) is 3.11. The van der Waals surface area contributed by atoms with Gasteiger partial charge < -0.3 is 24.3 Å². The van der Waals surface area contributed by atoms with Crippen LogP contribution in [0.15, 0.2) is 24.3 Å². The van der Waals surface area contributed by atoms with E-state index >= 15 is 0 Å². The molecule has 0 bridgehead atoms. The summed E-state index contributed by atoms with van der Waals surface area (Å²) in [5.41, 5.74) is 1.36. The highest BCUT2D eigenvalue weighted by Crippen LogP contribution is 2.39. The van der Waals surface area contributed by atoms with Gasteiger partial charge in [0.2, 0.25) is 0 Å². The Balaban J connectivity index is 1.51. The van der Waals surface area contributed by atoms with Gasteiger partial charge in [-0.05, 0) is 56.0 Å². The van der Waals surface area contributed by atoms with Crippen molar-refractivity contribution >= 4 is 34.2 Å². The summed E-state index contributed by atoms with van der Waals surface area (Å²) in [6.07, 6.45) is 2.64. The van der Waals surface area contributed by atoms with Crippen molar-refractivity contribution in [3.05, 3.63) is 40.3 Å². The number of amides is 1. The predicted molar refractivity (Wildman–Crippen MR) is 110 cm³/mol. The Bertz CT molecular complexity index is 920. The Morgan fingerprint density at radius 1 is 1.03 bits per heavy atom. The van der Waals surface area contributed by atoms with Crippen LogP contribution in [0, 0.1) is 0 Å². The first-order valence-corrected chi connectivity index (χ1v) is 10.4. The lowest BCUT2D eigenvalue weighted by atomic mass is 10.1. The number of thiophene rings is 1. The van der Waals surface area contributed by atoms with Crippen LogP contribution in [0.25, 0.3) is 0 Å². The van der Waals surface area contributed by atoms with Crippen LogP contribution in [-0.4, -0.2) is 44.8 Å². The molecule has 0 saturated carbocycles. The summed E-state index contributed by atoms with van der Waals surface area (Å²) in [4.78, 5) is 37.5. The third-order valence-electron chi connectivity index (χ3n) is 4.43. The van der Waals surface area contributed by atoms with E-state index in [1.54, 1.807) is 38.3 Å². The first-order valence-electron chi connectivity index (χ1n) is 9.55. The van der Waals surface area contributed by atoms with E-state index in [9.17, 15) is 14.4 Å². The lowest BCUT2D eigenvalue weighted by Crippen LogP contribution is -2.24. The first kappa shape index (κ1) is 21.6. The van der Waals surface area contributed by atoms with Gasteiger partial charge in [0.15, 0.2) is 13.2 Å². The standard InChI is InChI=1S/C21H23NO7S/c1-3-27-21(25)19-15-5-4-6-16(15)30-20(19)22-17(23)11-29-18(24)12-28-14-9-7-13(26-2)8-10-14/h7-10H,3-6,11-12H2,1-2H3,(H,22,23). The number of ether oxygens (including phenoxy) is 4. The minimum Gasteiger partial charge on any atom is -0.497 e. The van der Waals surface area contributed by atoms with Gasteiger partial charge in [-0.2, -0.15) is 0 Å². The third-order valence-corrected chi connectivity index (χ3v) is 5.64. The second-order valence-electron chi connectivity index (χ2n) is 6.46. The maximum absolute atomic E-state index is 12.3. The quantitative estimate of drug-likeness (QED) is 0.607. The number of fused-ring (bicyclic) bond motifs is 1. The number of carbonyl (C=O) groups is 3. The molecule has 3 rings (SSSR count). The maximum atomic E-state index is 12.3. The van der Waals surface area contributed by atoms with E-state index in [1.807, 2.05) is 0 Å². The molecular weight excluding hydrogens is 410 g/mol. The number of benzene rings is 1. The average Bonchev–Trinajstić information content (AvgIpc) is 3.32. The lowest BCUT2D eigenvalue weighted by Gasteiger charge is -2.09. The van der Waals surface area contributed by atoms with Crippen LogP contribution in [0.3, 0.4) is 0 Å². The maximum Gasteiger partial charge on any atom is 0.344 e. The molecule has 1 aromatic carbocycles. The van der Waals surface area contributed by atoms with E-state index in [-0.39, 0.29) is 13.2 Å². The molecule has 0 saturated heterocycles. The molecule has 0 unspecified atom stereocenters. The Morgan fingerprint density at radius 2 is 1.77 bits per heavy atom. The zero-order valence-electron chi connectivity index (χ0n) is 16.8. The fourth-order valence-corrected chi connectivity index (χ4v) is 4.37. The number of carbonyl (C=O) groups excluding carboxylic acids is 3. The van der Waals surface area contributed by atoms with Crippen LogP contribution in [0.5, 0.6) is 11.5 Å². The Labute approximate surface area is 178 Å². The molecular formula is C21H23NO7S. The Hall–Kier alpha value is -3.07. The molecule has 2 aromatic rings. The van der Waals surface area contributed by atoms with Crippen LogP contribution in [0.1, 0.15) is 34.1 Å². The Morgan fingerprint density at radius 3 is 2.47 bits per heavy atom. The number of rotatable bonds is 9. The normalized spacial score (nSPS) is 12.1. The smallest absolute Gasteiger partial charge is 0.344 e. The molecule has 0 spiro atoms. The summed E-state index contributed by atoms with van der Waals surface area (Å²) < 4.78 is 20.4. The summed E-state index contributed by atoms with van der Waals surface area (Å²) in [7, 11) is 1.55. The van der Waals surface area contributed by atoms with E-state index in [0.717, 1.165) is 29.7 Å². The highest BCUT2D eigenvalue weighted by atomic mass is 32.1. The van der Waals surface area contributed by atoms with Gasteiger partial charge in [-0.1, -0.05) is 0 Å². The zero-order valence-corrected chi connectivity index (χ0v) is 17.6. The highest BCUT2D eigenvalue weighted by Gasteiger charge is 2.28. The summed E-state index contributed by atoms with van der Waals surface area (Å²) in [6.45, 7) is 1.18. The predicted octanol–water partition coefficient (Wildman–Crippen LogP) is 2.98. The van der Waals surface area contributed by atoms with Gasteiger partial charge in [-0.3, -0.25) is 4.79 Å². The van der Waals surface area contributed by atoms with Crippen LogP contribution >= 0.6 is 11.3 Å². The van der Waals surface area contributed by atoms with Crippen molar-refractivity contribution in [3.63, 3.8) is 0 Å². The number of hydrogen-bond acceptors (Lipinski definition) is 8. The molecule has 1 aromatic heterocycles. The summed E-state index contributed by atoms with van der Waals surface area (Å²) >= 11 is 1.37. The van der Waals surface area contributed by atoms with Crippen molar-refractivity contribution in [2.24, 2.45) is 0 Å². The minimum absolute atomic E-state index is 0.253. The molecule has 0 atom stereocenters. The summed E-state index contributed by atoms with van der Waals surface area (Å²) in [5.74, 6) is -0.511. The number of methoxy groups -OCH3 is 1. The second kappa shape index (κ2) is 10.1. The SMILES string of the molecule is CCOC(=O)c1c(NC(=O)COC(=O)COc2ccc(OC)cc2)sc2c1CCC2. The van der Waals surface area contributed by atoms with Gasteiger partial charge in [0, 0.05) is 4.88 Å². The lowest BCUT2D eigenvalue weighted by molar-refractivity contribution is -0.149. The number of esters is 2. The van der Waals surface area contributed by atoms with Gasteiger partial charge in [-0.15, -0.1) is 11.3 Å². The van der Waals surface area contributed by atoms with Crippen LogP contribution < -0.4 is 14.8 Å². The molecule has 160 valence electrons. The first-order chi connectivity index (χ1) is 14.5. The molecule has 8 nitrogen and oxygen atoms in total. The number of aryl methyl sites for hydroxylation is 1. The third kappa shape index (κ3) is 5.29. The van der Waals surface area contributed by atoms with Crippen molar-refractivity contribution in [1.29, 1.82) is 0 Å². The van der Waals surface area contributed by atoms with Gasteiger partial charge in [0.1, 0.15) is 16.5 Å². The van der Waals surface area contributed by atoms with Crippen LogP contribution in [0.4, 0.5) is 5.00 Å². The van der Waals surface area contributed by atoms with Crippen molar-refractivity contribution in [2.75, 3.05) is 32.2 Å². The van der Waals surface area contributed by atoms with E-state index < -0.39 is 24.5 Å². The van der Waals surface area contributed by atoms with E-state index in [1.165, 1.54) is 11.3 Å². The largest absolute Gasteiger partial charge is 0.497 e. The molecule has 0 fully saturated rings. The van der Waals surface area contributed by atoms with Gasteiger partial charge in [-0.25, -0.2) is 9.59 Å². The molecule has 1 aliphatic carbocycles. The molecule has 1 aliphatic rings. The number of hydrogen-bond donors (Lipinski definition) is 1. The van der Waals surface area contributed by atoms with Crippen molar-refractivity contribution in [2.45, 2.75) is 26.2 Å². The van der Waals surface area contributed by atoms with Gasteiger partial charge in [0.05, 0.1) is 19.3 Å². The van der Waals surface area contributed by atoms with E-state index in [4.69, 9.17) is 18.9 Å². The molecule has 0 radical (unpaired) electrons. The molecule has 9 heteroatoms. The van der Waals surface area contributed by atoms with Gasteiger partial charge in [0.25, 0.3) is 5.91 Å². The van der Waals surface area contributed by atoms with Gasteiger partial charge >= 0.3 is 11.9 Å². The van der Waals surface area contributed by atoms with Crippen molar-refractivity contribution in [1.82, 2.24) is 0 Å². The summed E-state index contributed by atoms with van der Waals surface area (Å²) in [6, 6.07) is 6.72. The second-order valence-corrected chi connectivity index (χ2v) is 7.56. The van der Waals surface area contributed by atoms with Crippen molar-refractivity contribution < 1.29 is 33.3 Å². The average molecular weight is 433 g/mol. The fraction of sp³-hybridized carbons (Fsp3) is 0.381. The fourth-order valence-electron chi connectivity index (χ4n) is 3.08. The number of nitrogens with one attached hydrogen (secondary N) is 1. The van der Waals surface area contributed by atoms with E-state index in [2.05, 4.69) is 5.32 Å². The monoisotopic (exact) mass is 433 g/mol. The Kier molecular flexibility index (Phi) is 7.29. The molecule has 1 N–H and O–H groups in total.